The summed E-state index contributed by atoms with van der Waals surface area (Å²) in [6.07, 6.45) is 25.1. The van der Waals surface area contributed by atoms with Crippen molar-refractivity contribution >= 4 is 17.9 Å². The van der Waals surface area contributed by atoms with Crippen molar-refractivity contribution in [2.75, 3.05) is 19.7 Å². The highest BCUT2D eigenvalue weighted by Crippen LogP contribution is 2.30. The van der Waals surface area contributed by atoms with Crippen LogP contribution in [0.3, 0.4) is 0 Å². The van der Waals surface area contributed by atoms with Gasteiger partial charge in [-0.05, 0) is 18.4 Å². The second-order valence-electron chi connectivity index (χ2n) is 16.9. The summed E-state index contributed by atoms with van der Waals surface area (Å²) in [5.74, 6) is -1.08. The van der Waals surface area contributed by atoms with E-state index in [9.17, 15) is 29.7 Å². The first-order chi connectivity index (χ1) is 28.8. The Morgan fingerprint density at radius 2 is 1.07 bits per heavy atom. The number of nitrogens with zero attached hydrogens (tertiary/aromatic N) is 2. The van der Waals surface area contributed by atoms with Crippen LogP contribution in [-0.2, 0) is 25.7 Å². The molecule has 11 heteroatoms. The highest BCUT2D eigenvalue weighted by molar-refractivity contribution is 5.93. The minimum Gasteiger partial charge on any atom is -0.444 e. The van der Waals surface area contributed by atoms with Crippen molar-refractivity contribution in [3.05, 3.63) is 35.9 Å². The zero-order chi connectivity index (χ0) is 42.9. The highest BCUT2D eigenvalue weighted by Gasteiger charge is 2.53. The molecule has 11 nitrogen and oxygen atoms in total. The normalized spacial score (nSPS) is 19.1. The molecule has 2 rings (SSSR count). The van der Waals surface area contributed by atoms with Gasteiger partial charge in [-0.15, -0.1) is 0 Å². The SMILES string of the molecule is CCCCCCCCCCCCCCCCN(C(=O)CCCCCCCCCCCCCCC)[C@@H]1O[C@H](CO)[C@@H](O)[C@H](O)[C@H]1N(C(=O)CN)C(=O)OCc1ccccc1. The monoisotopic (exact) mass is 832 g/mol. The number of hydrogen-bond donors (Lipinski definition) is 4. The maximum absolute atomic E-state index is 14.2. The summed E-state index contributed by atoms with van der Waals surface area (Å²) in [7, 11) is 0. The van der Waals surface area contributed by atoms with Crippen LogP contribution in [0.15, 0.2) is 30.3 Å². The molecule has 3 amide bonds. The van der Waals surface area contributed by atoms with Crippen molar-refractivity contribution in [2.45, 2.75) is 231 Å². The zero-order valence-corrected chi connectivity index (χ0v) is 37.3. The van der Waals surface area contributed by atoms with E-state index in [4.69, 9.17) is 15.2 Å². The third kappa shape index (κ3) is 21.7. The molecule has 1 fully saturated rings. The third-order valence-electron chi connectivity index (χ3n) is 11.9. The Labute approximate surface area is 358 Å². The lowest BCUT2D eigenvalue weighted by atomic mass is 9.93. The Morgan fingerprint density at radius 3 is 1.51 bits per heavy atom. The van der Waals surface area contributed by atoms with E-state index in [-0.39, 0.29) is 25.5 Å². The molecule has 59 heavy (non-hydrogen) atoms. The fourth-order valence-corrected chi connectivity index (χ4v) is 8.20. The number of aliphatic hydroxyl groups excluding tert-OH is 3. The van der Waals surface area contributed by atoms with E-state index in [0.717, 1.165) is 38.5 Å². The van der Waals surface area contributed by atoms with Gasteiger partial charge in [-0.25, -0.2) is 9.69 Å². The average molecular weight is 832 g/mol. The number of hydrogen-bond acceptors (Lipinski definition) is 9. The summed E-state index contributed by atoms with van der Waals surface area (Å²) >= 11 is 0. The predicted octanol–water partition coefficient (Wildman–Crippen LogP) is 9.71. The average Bonchev–Trinajstić information content (AvgIpc) is 3.25. The molecule has 1 heterocycles. The Kier molecular flexibility index (Phi) is 30.4. The number of aliphatic hydroxyl groups is 3. The minimum atomic E-state index is -1.74. The number of nitrogens with two attached hydrogens (primary N) is 1. The van der Waals surface area contributed by atoms with Gasteiger partial charge in [0.2, 0.25) is 11.8 Å². The van der Waals surface area contributed by atoms with Crippen molar-refractivity contribution in [1.82, 2.24) is 9.80 Å². The summed E-state index contributed by atoms with van der Waals surface area (Å²) in [6, 6.07) is 7.44. The first-order valence-electron chi connectivity index (χ1n) is 23.9. The first-order valence-corrected chi connectivity index (χ1v) is 23.9. The molecule has 0 aromatic heterocycles. The quantitative estimate of drug-likeness (QED) is 0.0488. The van der Waals surface area contributed by atoms with Crippen LogP contribution in [0.2, 0.25) is 0 Å². The number of imide groups is 1. The number of ether oxygens (including phenoxy) is 2. The molecule has 340 valence electrons. The second kappa shape index (κ2) is 34.1. The standard InChI is InChI=1S/C48H85N3O8/c1-3-5-7-9-11-13-15-17-19-21-23-25-27-32-36-50(42(53)35-31-26-24-22-20-18-16-14-12-10-8-6-4-2)47-44(46(56)45(55)41(38-52)59-47)51(43(54)37-49)48(57)58-39-40-33-29-28-30-34-40/h28-30,33-34,41,44-47,52,55-56H,3-27,31-32,35-39,49H2,1-2H3/t41-,44-,45-,46-,47-/m1/s1. The number of carbonyl (C=O) groups excluding carboxylic acids is 3. The smallest absolute Gasteiger partial charge is 0.417 e. The summed E-state index contributed by atoms with van der Waals surface area (Å²) in [5, 5.41) is 32.8. The molecule has 1 aliphatic rings. The number of rotatable bonds is 35. The van der Waals surface area contributed by atoms with Crippen LogP contribution < -0.4 is 5.73 Å². The Balaban J connectivity index is 2.08. The van der Waals surface area contributed by atoms with Gasteiger partial charge in [0, 0.05) is 13.0 Å². The maximum atomic E-state index is 14.2. The van der Waals surface area contributed by atoms with Crippen LogP contribution >= 0.6 is 0 Å². The lowest BCUT2D eigenvalue weighted by molar-refractivity contribution is -0.244. The summed E-state index contributed by atoms with van der Waals surface area (Å²) in [5.41, 5.74) is 6.48. The van der Waals surface area contributed by atoms with E-state index in [1.165, 1.54) is 127 Å². The molecule has 1 aromatic carbocycles. The molecule has 1 aromatic rings. The molecule has 0 unspecified atom stereocenters. The van der Waals surface area contributed by atoms with Crippen LogP contribution in [0.4, 0.5) is 4.79 Å². The maximum Gasteiger partial charge on any atom is 0.417 e. The van der Waals surface area contributed by atoms with Crippen molar-refractivity contribution in [3.63, 3.8) is 0 Å². The molecule has 1 aliphatic heterocycles. The molecule has 0 bridgehead atoms. The highest BCUT2D eigenvalue weighted by atomic mass is 16.6. The first kappa shape index (κ1) is 52.6. The molecular formula is C48H85N3O8. The van der Waals surface area contributed by atoms with E-state index < -0.39 is 55.7 Å². The van der Waals surface area contributed by atoms with Crippen molar-refractivity contribution in [1.29, 1.82) is 0 Å². The summed E-state index contributed by atoms with van der Waals surface area (Å²) in [6.45, 7) is 3.39. The van der Waals surface area contributed by atoms with E-state index in [0.29, 0.717) is 23.3 Å². The van der Waals surface area contributed by atoms with Gasteiger partial charge in [-0.2, -0.15) is 0 Å². The van der Waals surface area contributed by atoms with Gasteiger partial charge >= 0.3 is 6.09 Å². The predicted molar refractivity (Wildman–Crippen MR) is 236 cm³/mol. The van der Waals surface area contributed by atoms with Crippen LogP contribution in [0, 0.1) is 0 Å². The second-order valence-corrected chi connectivity index (χ2v) is 16.9. The zero-order valence-electron chi connectivity index (χ0n) is 37.3. The molecule has 0 aliphatic carbocycles. The van der Waals surface area contributed by atoms with Crippen molar-refractivity contribution < 1.29 is 39.2 Å². The number of unbranched alkanes of at least 4 members (excludes halogenated alkanes) is 25. The fourth-order valence-electron chi connectivity index (χ4n) is 8.20. The molecule has 0 saturated carbocycles. The van der Waals surface area contributed by atoms with Gasteiger partial charge in [0.05, 0.1) is 13.2 Å². The van der Waals surface area contributed by atoms with Gasteiger partial charge in [-0.1, -0.05) is 205 Å². The van der Waals surface area contributed by atoms with Crippen LogP contribution in [0.5, 0.6) is 0 Å². The van der Waals surface area contributed by atoms with Gasteiger partial charge in [-0.3, -0.25) is 9.59 Å². The summed E-state index contributed by atoms with van der Waals surface area (Å²) < 4.78 is 11.7. The van der Waals surface area contributed by atoms with Gasteiger partial charge in [0.25, 0.3) is 0 Å². The van der Waals surface area contributed by atoms with Crippen LogP contribution in [0.1, 0.15) is 199 Å². The Morgan fingerprint density at radius 1 is 0.627 bits per heavy atom. The minimum absolute atomic E-state index is 0.148. The van der Waals surface area contributed by atoms with E-state index in [1.54, 1.807) is 24.3 Å². The van der Waals surface area contributed by atoms with E-state index in [1.807, 2.05) is 6.07 Å². The molecule has 5 N–H and O–H groups in total. The fraction of sp³-hybridized carbons (Fsp3) is 0.812. The van der Waals surface area contributed by atoms with Gasteiger partial charge in [0.1, 0.15) is 31.0 Å². The third-order valence-corrected chi connectivity index (χ3v) is 11.9. The Hall–Kier alpha value is -2.57. The molecule has 0 spiro atoms. The van der Waals surface area contributed by atoms with Crippen LogP contribution in [-0.4, -0.2) is 93.3 Å². The number of benzene rings is 1. The number of carbonyl (C=O) groups is 3. The van der Waals surface area contributed by atoms with E-state index >= 15 is 0 Å². The molecular weight excluding hydrogens is 747 g/mol. The molecule has 0 radical (unpaired) electrons. The lowest BCUT2D eigenvalue weighted by Crippen LogP contribution is -2.70. The van der Waals surface area contributed by atoms with Crippen molar-refractivity contribution in [3.8, 4) is 0 Å². The lowest BCUT2D eigenvalue weighted by Gasteiger charge is -2.49. The molecule has 5 atom stereocenters. The number of amides is 3. The largest absolute Gasteiger partial charge is 0.444 e. The van der Waals surface area contributed by atoms with Crippen molar-refractivity contribution in [2.24, 2.45) is 5.73 Å². The molecule has 1 saturated heterocycles. The van der Waals surface area contributed by atoms with Gasteiger partial charge in [0.15, 0.2) is 6.23 Å². The van der Waals surface area contributed by atoms with Crippen LogP contribution in [0.25, 0.3) is 0 Å². The Bertz CT molecular complexity index is 1210. The van der Waals surface area contributed by atoms with E-state index in [2.05, 4.69) is 13.8 Å². The van der Waals surface area contributed by atoms with Gasteiger partial charge < -0.3 is 35.4 Å². The topological polar surface area (TPSA) is 163 Å². The summed E-state index contributed by atoms with van der Waals surface area (Å²) in [4.78, 5) is 43.5.